The fourth-order valence-corrected chi connectivity index (χ4v) is 0.684. The summed E-state index contributed by atoms with van der Waals surface area (Å²) in [5, 5.41) is 11.9. The van der Waals surface area contributed by atoms with Crippen molar-refractivity contribution in [2.24, 2.45) is 11.1 Å². The quantitative estimate of drug-likeness (QED) is 0.536. The Morgan fingerprint density at radius 2 is 2.08 bits per heavy atom. The highest BCUT2D eigenvalue weighted by molar-refractivity contribution is 5.78. The van der Waals surface area contributed by atoms with Crippen LogP contribution in [0.15, 0.2) is 0 Å². The summed E-state index contributed by atoms with van der Waals surface area (Å²) in [5.41, 5.74) is 5.01. The zero-order valence-corrected chi connectivity index (χ0v) is 7.92. The van der Waals surface area contributed by atoms with Crippen LogP contribution in [0.5, 0.6) is 0 Å². The molecule has 1 amide bonds. The van der Waals surface area contributed by atoms with Crippen LogP contribution < -0.4 is 11.1 Å². The van der Waals surface area contributed by atoms with Crippen molar-refractivity contribution in [1.29, 1.82) is 0 Å². The fraction of sp³-hybridized carbons (Fsp3) is 0.875. The molecule has 1 unspecified atom stereocenters. The lowest BCUT2D eigenvalue weighted by atomic mass is 9.97. The minimum absolute atomic E-state index is 0.150. The molecule has 0 radical (unpaired) electrons. The largest absolute Gasteiger partial charge is 0.382 e. The summed E-state index contributed by atoms with van der Waals surface area (Å²) >= 11 is 0. The van der Waals surface area contributed by atoms with E-state index in [4.69, 9.17) is 10.8 Å². The van der Waals surface area contributed by atoms with Gasteiger partial charge >= 0.3 is 0 Å². The number of carbonyl (C=O) groups is 1. The number of amides is 1. The van der Waals surface area contributed by atoms with Crippen LogP contribution in [0.3, 0.4) is 0 Å². The summed E-state index contributed by atoms with van der Waals surface area (Å²) in [7, 11) is 0. The summed E-state index contributed by atoms with van der Waals surface area (Å²) in [4.78, 5) is 10.4. The van der Waals surface area contributed by atoms with Crippen LogP contribution in [-0.2, 0) is 4.79 Å². The van der Waals surface area contributed by atoms with Gasteiger partial charge in [0, 0.05) is 13.1 Å². The number of nitrogens with one attached hydrogen (secondary N) is 1. The number of nitrogens with two attached hydrogens (primary N) is 1. The topological polar surface area (TPSA) is 75.3 Å². The Morgan fingerprint density at radius 1 is 1.58 bits per heavy atom. The van der Waals surface area contributed by atoms with Crippen molar-refractivity contribution < 1.29 is 9.90 Å². The van der Waals surface area contributed by atoms with Crippen LogP contribution in [0, 0.1) is 5.41 Å². The molecule has 1 atom stereocenters. The first kappa shape index (κ1) is 11.4. The van der Waals surface area contributed by atoms with Crippen LogP contribution in [0.1, 0.15) is 20.8 Å². The van der Waals surface area contributed by atoms with Gasteiger partial charge in [0.15, 0.2) is 0 Å². The van der Waals surface area contributed by atoms with E-state index in [1.54, 1.807) is 0 Å². The summed E-state index contributed by atoms with van der Waals surface area (Å²) in [5.74, 6) is -0.684. The van der Waals surface area contributed by atoms with Crippen LogP contribution in [0.2, 0.25) is 0 Å². The van der Waals surface area contributed by atoms with Gasteiger partial charge in [-0.3, -0.25) is 4.79 Å². The molecule has 0 saturated heterocycles. The van der Waals surface area contributed by atoms with Crippen LogP contribution in [0.25, 0.3) is 0 Å². The zero-order valence-electron chi connectivity index (χ0n) is 7.92. The van der Waals surface area contributed by atoms with Gasteiger partial charge in [0.2, 0.25) is 5.91 Å². The number of rotatable bonds is 4. The van der Waals surface area contributed by atoms with Gasteiger partial charge in [-0.05, 0) is 5.41 Å². The van der Waals surface area contributed by atoms with Crippen molar-refractivity contribution in [2.45, 2.75) is 26.9 Å². The number of hydrogen-bond donors (Lipinski definition) is 3. The molecule has 0 aromatic heterocycles. The van der Waals surface area contributed by atoms with Crippen molar-refractivity contribution >= 4 is 5.91 Å². The van der Waals surface area contributed by atoms with Crippen LogP contribution in [0.4, 0.5) is 0 Å². The lowest BCUT2D eigenvalue weighted by Gasteiger charge is -2.19. The highest BCUT2D eigenvalue weighted by Gasteiger charge is 2.13. The van der Waals surface area contributed by atoms with Crippen molar-refractivity contribution in [2.75, 3.05) is 13.1 Å². The van der Waals surface area contributed by atoms with Crippen LogP contribution >= 0.6 is 0 Å². The lowest BCUT2D eigenvalue weighted by molar-refractivity contribution is -0.125. The molecule has 0 aromatic carbocycles. The molecule has 0 saturated carbocycles. The summed E-state index contributed by atoms with van der Waals surface area (Å²) in [6.45, 7) is 7.17. The van der Waals surface area contributed by atoms with E-state index in [9.17, 15) is 4.79 Å². The van der Waals surface area contributed by atoms with Crippen LogP contribution in [-0.4, -0.2) is 30.2 Å². The summed E-state index contributed by atoms with van der Waals surface area (Å²) in [6, 6.07) is 0. The van der Waals surface area contributed by atoms with Crippen molar-refractivity contribution in [3.63, 3.8) is 0 Å². The molecule has 0 spiro atoms. The second kappa shape index (κ2) is 4.42. The maximum atomic E-state index is 10.4. The Labute approximate surface area is 73.1 Å². The maximum Gasteiger partial charge on any atom is 0.247 e. The zero-order chi connectivity index (χ0) is 9.78. The molecule has 12 heavy (non-hydrogen) atoms. The van der Waals surface area contributed by atoms with Gasteiger partial charge in [-0.1, -0.05) is 20.8 Å². The van der Waals surface area contributed by atoms with E-state index < -0.39 is 12.0 Å². The minimum Gasteiger partial charge on any atom is -0.382 e. The summed E-state index contributed by atoms with van der Waals surface area (Å²) < 4.78 is 0. The van der Waals surface area contributed by atoms with Gasteiger partial charge in [0.05, 0.1) is 0 Å². The molecule has 4 N–H and O–H groups in total. The van der Waals surface area contributed by atoms with Crippen molar-refractivity contribution in [3.05, 3.63) is 0 Å². The second-order valence-electron chi connectivity index (χ2n) is 4.11. The molecular weight excluding hydrogens is 156 g/mol. The average Bonchev–Trinajstić information content (AvgIpc) is 1.84. The van der Waals surface area contributed by atoms with E-state index in [0.29, 0.717) is 0 Å². The van der Waals surface area contributed by atoms with Gasteiger partial charge < -0.3 is 16.2 Å². The first-order valence-electron chi connectivity index (χ1n) is 4.01. The van der Waals surface area contributed by atoms with E-state index >= 15 is 0 Å². The Hall–Kier alpha value is -0.610. The molecule has 0 aliphatic rings. The van der Waals surface area contributed by atoms with Gasteiger partial charge in [0.1, 0.15) is 6.10 Å². The molecule has 4 heteroatoms. The predicted octanol–water partition coefficient (Wildman–Crippen LogP) is -0.532. The first-order chi connectivity index (χ1) is 5.33. The molecular formula is C8H18N2O2. The first-order valence-corrected chi connectivity index (χ1v) is 4.01. The molecule has 0 heterocycles. The highest BCUT2D eigenvalue weighted by atomic mass is 16.3. The molecule has 72 valence electrons. The van der Waals surface area contributed by atoms with E-state index in [-0.39, 0.29) is 12.0 Å². The number of aliphatic hydroxyl groups is 1. The van der Waals surface area contributed by atoms with E-state index in [1.165, 1.54) is 0 Å². The highest BCUT2D eigenvalue weighted by Crippen LogP contribution is 2.09. The van der Waals surface area contributed by atoms with Gasteiger partial charge in [-0.2, -0.15) is 0 Å². The normalized spacial score (nSPS) is 14.3. The standard InChI is InChI=1S/C8H18N2O2/c1-8(2,3)5-10-4-6(11)7(9)12/h6,10-11H,4-5H2,1-3H3,(H2,9,12). The minimum atomic E-state index is -1.08. The molecule has 4 nitrogen and oxygen atoms in total. The number of aliphatic hydroxyl groups excluding tert-OH is 1. The van der Waals surface area contributed by atoms with E-state index in [0.717, 1.165) is 6.54 Å². The molecule has 0 fully saturated rings. The lowest BCUT2D eigenvalue weighted by Crippen LogP contribution is -2.40. The van der Waals surface area contributed by atoms with E-state index in [1.807, 2.05) is 0 Å². The van der Waals surface area contributed by atoms with Crippen molar-refractivity contribution in [1.82, 2.24) is 5.32 Å². The number of carbonyl (C=O) groups excluding carboxylic acids is 1. The monoisotopic (exact) mass is 174 g/mol. The second-order valence-corrected chi connectivity index (χ2v) is 4.11. The number of hydrogen-bond acceptors (Lipinski definition) is 3. The molecule has 0 aliphatic carbocycles. The third-order valence-corrected chi connectivity index (χ3v) is 1.32. The summed E-state index contributed by atoms with van der Waals surface area (Å²) in [6.07, 6.45) is -1.08. The Kier molecular flexibility index (Phi) is 4.20. The Bertz CT molecular complexity index is 152. The predicted molar refractivity (Wildman–Crippen MR) is 47.5 cm³/mol. The maximum absolute atomic E-state index is 10.4. The third-order valence-electron chi connectivity index (χ3n) is 1.32. The number of primary amides is 1. The SMILES string of the molecule is CC(C)(C)CNCC(O)C(N)=O. The Balaban J connectivity index is 3.51. The molecule has 0 aromatic rings. The van der Waals surface area contributed by atoms with Gasteiger partial charge in [0.25, 0.3) is 0 Å². The molecule has 0 bridgehead atoms. The van der Waals surface area contributed by atoms with Crippen molar-refractivity contribution in [3.8, 4) is 0 Å². The average molecular weight is 174 g/mol. The third kappa shape index (κ3) is 6.12. The van der Waals surface area contributed by atoms with Gasteiger partial charge in [-0.25, -0.2) is 0 Å². The molecule has 0 rings (SSSR count). The van der Waals surface area contributed by atoms with E-state index in [2.05, 4.69) is 26.1 Å². The smallest absolute Gasteiger partial charge is 0.247 e. The Morgan fingerprint density at radius 3 is 2.42 bits per heavy atom. The van der Waals surface area contributed by atoms with Gasteiger partial charge in [-0.15, -0.1) is 0 Å². The molecule has 0 aliphatic heterocycles. The fourth-order valence-electron chi connectivity index (χ4n) is 0.684.